The van der Waals surface area contributed by atoms with E-state index >= 15 is 0 Å². The van der Waals surface area contributed by atoms with Gasteiger partial charge in [0.25, 0.3) is 0 Å². The number of hydrogen-bond acceptors (Lipinski definition) is 3. The van der Waals surface area contributed by atoms with Gasteiger partial charge in [-0.3, -0.25) is 0 Å². The van der Waals surface area contributed by atoms with Crippen LogP contribution in [0.15, 0.2) is 18.2 Å². The van der Waals surface area contributed by atoms with E-state index in [1.54, 1.807) is 13.1 Å². The number of para-hydroxylation sites is 1. The van der Waals surface area contributed by atoms with Gasteiger partial charge in [-0.05, 0) is 35.7 Å². The maximum absolute atomic E-state index is 9.67. The number of rotatable bonds is 3. The van der Waals surface area contributed by atoms with Crippen molar-refractivity contribution >= 4 is 22.6 Å². The number of aromatic hydroxyl groups is 1. The molecule has 0 fully saturated rings. The third kappa shape index (κ3) is 2.32. The molecule has 0 saturated heterocycles. The molecule has 3 N–H and O–H groups in total. The van der Waals surface area contributed by atoms with Crippen molar-refractivity contribution in [2.24, 2.45) is 0 Å². The lowest BCUT2D eigenvalue weighted by atomic mass is 10.1. The first-order chi connectivity index (χ1) is 6.20. The van der Waals surface area contributed by atoms with Crippen molar-refractivity contribution in [3.63, 3.8) is 0 Å². The Morgan fingerprint density at radius 3 is 2.77 bits per heavy atom. The molecule has 4 heteroatoms. The first-order valence-electron chi connectivity index (χ1n) is 3.96. The second kappa shape index (κ2) is 4.78. The van der Waals surface area contributed by atoms with Crippen molar-refractivity contribution in [1.29, 1.82) is 0 Å². The Hall–Kier alpha value is -0.330. The largest absolute Gasteiger partial charge is 0.506 e. The Morgan fingerprint density at radius 2 is 2.23 bits per heavy atom. The first kappa shape index (κ1) is 10.7. The molecule has 3 nitrogen and oxygen atoms in total. The van der Waals surface area contributed by atoms with Gasteiger partial charge in [0.1, 0.15) is 5.75 Å². The van der Waals surface area contributed by atoms with E-state index in [4.69, 9.17) is 5.11 Å². The van der Waals surface area contributed by atoms with Crippen LogP contribution in [0, 0.1) is 3.57 Å². The quantitative estimate of drug-likeness (QED) is 0.735. The van der Waals surface area contributed by atoms with Gasteiger partial charge in [0.2, 0.25) is 0 Å². The average molecular weight is 293 g/mol. The third-order valence-corrected chi connectivity index (χ3v) is 2.79. The number of nitrogens with one attached hydrogen (secondary N) is 1. The van der Waals surface area contributed by atoms with Crippen molar-refractivity contribution in [3.8, 4) is 5.75 Å². The highest BCUT2D eigenvalue weighted by Crippen LogP contribution is 2.28. The minimum Gasteiger partial charge on any atom is -0.506 e. The van der Waals surface area contributed by atoms with E-state index < -0.39 is 0 Å². The van der Waals surface area contributed by atoms with Gasteiger partial charge in [0.15, 0.2) is 0 Å². The molecule has 13 heavy (non-hydrogen) atoms. The molecule has 0 amide bonds. The van der Waals surface area contributed by atoms with Gasteiger partial charge in [-0.1, -0.05) is 12.1 Å². The highest BCUT2D eigenvalue weighted by molar-refractivity contribution is 14.1. The number of benzene rings is 1. The number of hydrogen-bond donors (Lipinski definition) is 3. The van der Waals surface area contributed by atoms with Crippen LogP contribution in [-0.2, 0) is 0 Å². The molecule has 0 aliphatic rings. The van der Waals surface area contributed by atoms with E-state index in [-0.39, 0.29) is 18.4 Å². The summed E-state index contributed by atoms with van der Waals surface area (Å²) in [7, 11) is 1.75. The van der Waals surface area contributed by atoms with Crippen LogP contribution in [0.1, 0.15) is 11.6 Å². The summed E-state index contributed by atoms with van der Waals surface area (Å²) in [6, 6.07) is 5.28. The molecule has 0 spiro atoms. The van der Waals surface area contributed by atoms with Crippen LogP contribution in [0.2, 0.25) is 0 Å². The van der Waals surface area contributed by atoms with Crippen LogP contribution in [-0.4, -0.2) is 23.9 Å². The lowest BCUT2D eigenvalue weighted by molar-refractivity contribution is 0.248. The topological polar surface area (TPSA) is 52.5 Å². The van der Waals surface area contributed by atoms with Gasteiger partial charge >= 0.3 is 0 Å². The first-order valence-corrected chi connectivity index (χ1v) is 5.04. The summed E-state index contributed by atoms with van der Waals surface area (Å²) in [6.45, 7) is -0.0237. The summed E-state index contributed by atoms with van der Waals surface area (Å²) in [4.78, 5) is 0. The van der Waals surface area contributed by atoms with E-state index in [9.17, 15) is 5.11 Å². The highest BCUT2D eigenvalue weighted by Gasteiger charge is 2.13. The molecule has 0 aliphatic heterocycles. The Morgan fingerprint density at radius 1 is 1.54 bits per heavy atom. The number of aliphatic hydroxyl groups excluding tert-OH is 1. The predicted molar refractivity (Wildman–Crippen MR) is 59.7 cm³/mol. The fourth-order valence-electron chi connectivity index (χ4n) is 1.16. The Bertz CT molecular complexity index is 287. The van der Waals surface area contributed by atoms with E-state index in [2.05, 4.69) is 27.9 Å². The van der Waals surface area contributed by atoms with Crippen LogP contribution in [0.3, 0.4) is 0 Å². The second-order valence-electron chi connectivity index (χ2n) is 2.70. The molecule has 0 aliphatic carbocycles. The zero-order valence-corrected chi connectivity index (χ0v) is 9.45. The molecule has 0 aromatic heterocycles. The standard InChI is InChI=1S/C9H12INO2/c1-11-8(5-12)6-3-2-4-7(10)9(6)13/h2-4,8,11-13H,5H2,1H3. The smallest absolute Gasteiger partial charge is 0.133 e. The second-order valence-corrected chi connectivity index (χ2v) is 3.86. The molecular formula is C9H12INO2. The van der Waals surface area contributed by atoms with E-state index in [1.807, 2.05) is 12.1 Å². The lowest BCUT2D eigenvalue weighted by Gasteiger charge is -2.15. The molecule has 1 aromatic carbocycles. The van der Waals surface area contributed by atoms with E-state index in [0.717, 1.165) is 9.13 Å². The van der Waals surface area contributed by atoms with Gasteiger partial charge in [-0.25, -0.2) is 0 Å². The molecule has 1 unspecified atom stereocenters. The summed E-state index contributed by atoms with van der Waals surface area (Å²) in [5.74, 6) is 0.247. The van der Waals surface area contributed by atoms with Crippen LogP contribution >= 0.6 is 22.6 Å². The van der Waals surface area contributed by atoms with Crippen molar-refractivity contribution in [2.75, 3.05) is 13.7 Å². The fraction of sp³-hybridized carbons (Fsp3) is 0.333. The van der Waals surface area contributed by atoms with Gasteiger partial charge < -0.3 is 15.5 Å². The average Bonchev–Trinajstić information content (AvgIpc) is 2.14. The SMILES string of the molecule is CNC(CO)c1cccc(I)c1O. The molecule has 0 bridgehead atoms. The van der Waals surface area contributed by atoms with Crippen molar-refractivity contribution in [1.82, 2.24) is 5.32 Å². The summed E-state index contributed by atoms with van der Waals surface area (Å²) < 4.78 is 0.795. The van der Waals surface area contributed by atoms with Crippen LogP contribution < -0.4 is 5.32 Å². The summed E-state index contributed by atoms with van der Waals surface area (Å²) in [6.07, 6.45) is 0. The molecular weight excluding hydrogens is 281 g/mol. The van der Waals surface area contributed by atoms with Crippen molar-refractivity contribution in [3.05, 3.63) is 27.3 Å². The maximum Gasteiger partial charge on any atom is 0.133 e. The predicted octanol–water partition coefficient (Wildman–Crippen LogP) is 1.25. The number of phenols is 1. The number of phenolic OH excluding ortho intramolecular Hbond substituents is 1. The zero-order valence-electron chi connectivity index (χ0n) is 7.29. The van der Waals surface area contributed by atoms with Gasteiger partial charge in [0, 0.05) is 5.56 Å². The Kier molecular flexibility index (Phi) is 3.95. The monoisotopic (exact) mass is 293 g/mol. The van der Waals surface area contributed by atoms with E-state index in [1.165, 1.54) is 0 Å². The van der Waals surface area contributed by atoms with Crippen molar-refractivity contribution in [2.45, 2.75) is 6.04 Å². The van der Waals surface area contributed by atoms with E-state index in [0.29, 0.717) is 0 Å². The van der Waals surface area contributed by atoms with Gasteiger partial charge in [-0.15, -0.1) is 0 Å². The minimum atomic E-state index is -0.199. The van der Waals surface area contributed by atoms with Gasteiger partial charge in [-0.2, -0.15) is 0 Å². The Balaban J connectivity index is 3.05. The maximum atomic E-state index is 9.67. The van der Waals surface area contributed by atoms with Crippen LogP contribution in [0.25, 0.3) is 0 Å². The zero-order chi connectivity index (χ0) is 9.84. The number of likely N-dealkylation sites (N-methyl/N-ethyl adjacent to an activating group) is 1. The third-order valence-electron chi connectivity index (χ3n) is 1.92. The number of aliphatic hydroxyl groups is 1. The summed E-state index contributed by atoms with van der Waals surface area (Å²) in [5, 5.41) is 21.6. The lowest BCUT2D eigenvalue weighted by Crippen LogP contribution is -2.20. The Labute approximate surface area is 90.9 Å². The molecule has 1 atom stereocenters. The molecule has 1 aromatic rings. The molecule has 1 rings (SSSR count). The highest BCUT2D eigenvalue weighted by atomic mass is 127. The molecule has 72 valence electrons. The molecule has 0 saturated carbocycles. The summed E-state index contributed by atoms with van der Waals surface area (Å²) >= 11 is 2.06. The molecule has 0 radical (unpaired) electrons. The summed E-state index contributed by atoms with van der Waals surface area (Å²) in [5.41, 5.74) is 0.733. The fourth-order valence-corrected chi connectivity index (χ4v) is 1.68. The normalized spacial score (nSPS) is 12.8. The van der Waals surface area contributed by atoms with Crippen molar-refractivity contribution < 1.29 is 10.2 Å². The van der Waals surface area contributed by atoms with Crippen LogP contribution in [0.4, 0.5) is 0 Å². The van der Waals surface area contributed by atoms with Crippen LogP contribution in [0.5, 0.6) is 5.75 Å². The molecule has 0 heterocycles. The number of halogens is 1. The van der Waals surface area contributed by atoms with Gasteiger partial charge in [0.05, 0.1) is 16.2 Å². The minimum absolute atomic E-state index is 0.0237.